The second kappa shape index (κ2) is 8.35. The van der Waals surface area contributed by atoms with E-state index in [1.807, 2.05) is 17.0 Å². The molecule has 1 fully saturated rings. The van der Waals surface area contributed by atoms with E-state index in [-0.39, 0.29) is 22.8 Å². The van der Waals surface area contributed by atoms with Gasteiger partial charge in [0.25, 0.3) is 0 Å². The lowest BCUT2D eigenvalue weighted by Gasteiger charge is -2.23. The number of anilines is 1. The lowest BCUT2D eigenvalue weighted by molar-refractivity contribution is -0.129. The van der Waals surface area contributed by atoms with Crippen molar-refractivity contribution in [2.24, 2.45) is 0 Å². The van der Waals surface area contributed by atoms with Crippen LogP contribution in [0.4, 0.5) is 5.82 Å². The summed E-state index contributed by atoms with van der Waals surface area (Å²) >= 11 is 1.33. The van der Waals surface area contributed by atoms with Gasteiger partial charge in [-0.15, -0.1) is 11.8 Å². The van der Waals surface area contributed by atoms with Crippen LogP contribution in [0.2, 0.25) is 0 Å². The standard InChI is InChI=1S/C18H22N4O3S/c1-12-9-16(21-25-12)20-18(24)13(2)26-11-17(23)22(15-3-4-15)10-14-5-7-19-8-6-14/h5-9,13,15H,3-4,10-11H2,1-2H3,(H,20,21,24). The zero-order chi connectivity index (χ0) is 18.5. The van der Waals surface area contributed by atoms with Crippen LogP contribution in [0.1, 0.15) is 31.1 Å². The Hall–Kier alpha value is -2.35. The molecular formula is C18H22N4O3S. The van der Waals surface area contributed by atoms with Crippen molar-refractivity contribution in [2.75, 3.05) is 11.1 Å². The van der Waals surface area contributed by atoms with Crippen LogP contribution in [-0.4, -0.2) is 43.9 Å². The minimum atomic E-state index is -0.363. The fourth-order valence-corrected chi connectivity index (χ4v) is 3.27. The van der Waals surface area contributed by atoms with Crippen molar-refractivity contribution in [2.45, 2.75) is 44.5 Å². The topological polar surface area (TPSA) is 88.3 Å². The molecule has 0 aromatic carbocycles. The number of aryl methyl sites for hydroxylation is 1. The van der Waals surface area contributed by atoms with Gasteiger partial charge in [0.1, 0.15) is 5.76 Å². The van der Waals surface area contributed by atoms with Gasteiger partial charge in [-0.1, -0.05) is 5.16 Å². The number of thioether (sulfide) groups is 1. The van der Waals surface area contributed by atoms with Crippen molar-refractivity contribution in [3.63, 3.8) is 0 Å². The van der Waals surface area contributed by atoms with E-state index in [2.05, 4.69) is 15.5 Å². The van der Waals surface area contributed by atoms with Crippen LogP contribution in [0.15, 0.2) is 35.1 Å². The first kappa shape index (κ1) is 18.4. The van der Waals surface area contributed by atoms with Gasteiger partial charge in [0.15, 0.2) is 5.82 Å². The Bertz CT molecular complexity index is 761. The summed E-state index contributed by atoms with van der Waals surface area (Å²) in [6.45, 7) is 4.13. The van der Waals surface area contributed by atoms with Crippen molar-refractivity contribution in [3.05, 3.63) is 41.9 Å². The SMILES string of the molecule is Cc1cc(NC(=O)C(C)SCC(=O)N(Cc2ccncc2)C2CC2)no1. The maximum absolute atomic E-state index is 12.6. The molecule has 2 amide bonds. The summed E-state index contributed by atoms with van der Waals surface area (Å²) in [5, 5.41) is 6.07. The molecule has 138 valence electrons. The Kier molecular flexibility index (Phi) is 5.92. The highest BCUT2D eigenvalue weighted by atomic mass is 32.2. The summed E-state index contributed by atoms with van der Waals surface area (Å²) < 4.78 is 4.93. The molecule has 0 radical (unpaired) electrons. The highest BCUT2D eigenvalue weighted by Crippen LogP contribution is 2.29. The van der Waals surface area contributed by atoms with E-state index < -0.39 is 0 Å². The quantitative estimate of drug-likeness (QED) is 0.764. The summed E-state index contributed by atoms with van der Waals surface area (Å²) in [6, 6.07) is 5.82. The molecular weight excluding hydrogens is 352 g/mol. The number of hydrogen-bond acceptors (Lipinski definition) is 6. The third kappa shape index (κ3) is 5.08. The van der Waals surface area contributed by atoms with Crippen LogP contribution < -0.4 is 5.32 Å². The van der Waals surface area contributed by atoms with E-state index in [0.29, 0.717) is 24.2 Å². The molecule has 1 N–H and O–H groups in total. The Balaban J connectivity index is 1.50. The van der Waals surface area contributed by atoms with Gasteiger partial charge in [-0.05, 0) is 44.4 Å². The van der Waals surface area contributed by atoms with Gasteiger partial charge in [0.2, 0.25) is 11.8 Å². The van der Waals surface area contributed by atoms with E-state index >= 15 is 0 Å². The lowest BCUT2D eigenvalue weighted by atomic mass is 10.2. The number of nitrogens with zero attached hydrogens (tertiary/aromatic N) is 3. The van der Waals surface area contributed by atoms with Crippen LogP contribution in [-0.2, 0) is 16.1 Å². The minimum Gasteiger partial charge on any atom is -0.360 e. The Labute approximate surface area is 156 Å². The Morgan fingerprint density at radius 1 is 1.38 bits per heavy atom. The zero-order valence-corrected chi connectivity index (χ0v) is 15.7. The van der Waals surface area contributed by atoms with Crippen molar-refractivity contribution in [1.29, 1.82) is 0 Å². The number of aromatic nitrogens is 2. The summed E-state index contributed by atoms with van der Waals surface area (Å²) in [4.78, 5) is 30.8. The van der Waals surface area contributed by atoms with Crippen molar-refractivity contribution in [1.82, 2.24) is 15.0 Å². The van der Waals surface area contributed by atoms with Crippen molar-refractivity contribution >= 4 is 29.4 Å². The summed E-state index contributed by atoms with van der Waals surface area (Å²) in [7, 11) is 0. The summed E-state index contributed by atoms with van der Waals surface area (Å²) in [5.74, 6) is 1.17. The molecule has 1 aliphatic rings. The van der Waals surface area contributed by atoms with Gasteiger partial charge in [-0.3, -0.25) is 14.6 Å². The third-order valence-corrected chi connectivity index (χ3v) is 5.24. The largest absolute Gasteiger partial charge is 0.360 e. The van der Waals surface area contributed by atoms with Crippen molar-refractivity contribution in [3.8, 4) is 0 Å². The van der Waals surface area contributed by atoms with E-state index in [0.717, 1.165) is 18.4 Å². The van der Waals surface area contributed by atoms with E-state index in [4.69, 9.17) is 4.52 Å². The van der Waals surface area contributed by atoms with E-state index in [9.17, 15) is 9.59 Å². The molecule has 2 aromatic rings. The van der Waals surface area contributed by atoms with Gasteiger partial charge in [-0.2, -0.15) is 0 Å². The second-order valence-corrected chi connectivity index (χ2v) is 7.70. The number of pyridine rings is 1. The lowest BCUT2D eigenvalue weighted by Crippen LogP contribution is -2.35. The number of amides is 2. The van der Waals surface area contributed by atoms with Crippen molar-refractivity contribution < 1.29 is 14.1 Å². The first-order chi connectivity index (χ1) is 12.5. The monoisotopic (exact) mass is 374 g/mol. The molecule has 3 rings (SSSR count). The molecule has 0 spiro atoms. The van der Waals surface area contributed by atoms with Gasteiger partial charge in [0, 0.05) is 31.0 Å². The maximum Gasteiger partial charge on any atom is 0.238 e. The third-order valence-electron chi connectivity index (χ3n) is 4.12. The average molecular weight is 374 g/mol. The summed E-state index contributed by atoms with van der Waals surface area (Å²) in [5.41, 5.74) is 1.07. The first-order valence-corrected chi connectivity index (χ1v) is 9.62. The molecule has 1 aliphatic carbocycles. The molecule has 8 heteroatoms. The molecule has 2 aromatic heterocycles. The van der Waals surface area contributed by atoms with Crippen LogP contribution in [0.3, 0.4) is 0 Å². The fourth-order valence-electron chi connectivity index (χ4n) is 2.50. The Morgan fingerprint density at radius 3 is 2.73 bits per heavy atom. The van der Waals surface area contributed by atoms with Crippen LogP contribution in [0.5, 0.6) is 0 Å². The molecule has 1 atom stereocenters. The molecule has 0 aliphatic heterocycles. The first-order valence-electron chi connectivity index (χ1n) is 8.57. The number of nitrogens with one attached hydrogen (secondary N) is 1. The van der Waals surface area contributed by atoms with Gasteiger partial charge in [-0.25, -0.2) is 0 Å². The predicted octanol–water partition coefficient (Wildman–Crippen LogP) is 2.63. The van der Waals surface area contributed by atoms with E-state index in [1.165, 1.54) is 11.8 Å². The number of carbonyl (C=O) groups excluding carboxylic acids is 2. The summed E-state index contributed by atoms with van der Waals surface area (Å²) in [6.07, 6.45) is 5.56. The number of carbonyl (C=O) groups is 2. The number of rotatable bonds is 8. The smallest absolute Gasteiger partial charge is 0.238 e. The average Bonchev–Trinajstić information content (AvgIpc) is 3.40. The fraction of sp³-hybridized carbons (Fsp3) is 0.444. The Morgan fingerprint density at radius 2 is 2.12 bits per heavy atom. The molecule has 2 heterocycles. The van der Waals surface area contributed by atoms with Crippen LogP contribution in [0.25, 0.3) is 0 Å². The van der Waals surface area contributed by atoms with Crippen LogP contribution in [0, 0.1) is 6.92 Å². The second-order valence-electron chi connectivity index (χ2n) is 6.37. The maximum atomic E-state index is 12.6. The molecule has 7 nitrogen and oxygen atoms in total. The highest BCUT2D eigenvalue weighted by Gasteiger charge is 2.32. The number of hydrogen-bond donors (Lipinski definition) is 1. The van der Waals surface area contributed by atoms with E-state index in [1.54, 1.807) is 32.3 Å². The van der Waals surface area contributed by atoms with Gasteiger partial charge in [0.05, 0.1) is 11.0 Å². The highest BCUT2D eigenvalue weighted by molar-refractivity contribution is 8.01. The molecule has 26 heavy (non-hydrogen) atoms. The zero-order valence-electron chi connectivity index (χ0n) is 14.8. The van der Waals surface area contributed by atoms with Gasteiger partial charge < -0.3 is 14.7 Å². The van der Waals surface area contributed by atoms with Gasteiger partial charge >= 0.3 is 0 Å². The molecule has 0 saturated heterocycles. The molecule has 0 bridgehead atoms. The predicted molar refractivity (Wildman–Crippen MR) is 99.6 cm³/mol. The molecule has 1 saturated carbocycles. The minimum absolute atomic E-state index is 0.0613. The normalized spacial score (nSPS) is 14.7. The van der Waals surface area contributed by atoms with Crippen LogP contribution >= 0.6 is 11.8 Å². The molecule has 1 unspecified atom stereocenters.